The third-order valence-electron chi connectivity index (χ3n) is 4.20. The number of aromatic nitrogens is 1. The zero-order valence-corrected chi connectivity index (χ0v) is 15.6. The fourth-order valence-electron chi connectivity index (χ4n) is 2.87. The van der Waals surface area contributed by atoms with Gasteiger partial charge in [0.1, 0.15) is 6.10 Å². The fourth-order valence-corrected chi connectivity index (χ4v) is 3.22. The minimum Gasteiger partial charge on any atom is -0.472 e. The molecule has 1 aromatic carbocycles. The molecule has 1 saturated heterocycles. The van der Waals surface area contributed by atoms with Crippen molar-refractivity contribution in [1.29, 1.82) is 0 Å². The van der Waals surface area contributed by atoms with Crippen LogP contribution in [0.25, 0.3) is 0 Å². The number of pyridine rings is 1. The van der Waals surface area contributed by atoms with Crippen LogP contribution in [0.3, 0.4) is 0 Å². The maximum Gasteiger partial charge on any atom is 0.317 e. The molecule has 0 radical (unpaired) electrons. The Kier molecular flexibility index (Phi) is 6.28. The van der Waals surface area contributed by atoms with Gasteiger partial charge in [-0.1, -0.05) is 30.3 Å². The van der Waals surface area contributed by atoms with Gasteiger partial charge < -0.3 is 15.0 Å². The lowest BCUT2D eigenvalue weighted by Crippen LogP contribution is -2.39. The minimum absolute atomic E-state index is 0.0127. The topological polar surface area (TPSA) is 54.5 Å². The molecule has 0 saturated carbocycles. The second-order valence-corrected chi connectivity index (χ2v) is 6.94. The van der Waals surface area contributed by atoms with E-state index in [1.165, 1.54) is 5.56 Å². The van der Waals surface area contributed by atoms with Crippen LogP contribution in [0.15, 0.2) is 53.1 Å². The Morgan fingerprint density at radius 1 is 1.28 bits per heavy atom. The minimum atomic E-state index is -0.0146. The van der Waals surface area contributed by atoms with Crippen LogP contribution < -0.4 is 10.1 Å². The molecule has 2 aromatic rings. The summed E-state index contributed by atoms with van der Waals surface area (Å²) < 4.78 is 6.72. The largest absolute Gasteiger partial charge is 0.472 e. The summed E-state index contributed by atoms with van der Waals surface area (Å²) in [5, 5.41) is 3.00. The lowest BCUT2D eigenvalue weighted by Gasteiger charge is -2.18. The van der Waals surface area contributed by atoms with E-state index in [1.54, 1.807) is 6.20 Å². The number of carbonyl (C=O) groups excluding carboxylic acids is 1. The molecule has 1 N–H and O–H groups in total. The number of ether oxygens (including phenoxy) is 1. The molecule has 0 bridgehead atoms. The van der Waals surface area contributed by atoms with E-state index in [1.807, 2.05) is 35.2 Å². The van der Waals surface area contributed by atoms with E-state index in [0.29, 0.717) is 25.5 Å². The molecule has 1 atom stereocenters. The van der Waals surface area contributed by atoms with Crippen LogP contribution in [0.5, 0.6) is 5.88 Å². The Morgan fingerprint density at radius 3 is 2.92 bits per heavy atom. The monoisotopic (exact) mass is 403 g/mol. The van der Waals surface area contributed by atoms with Gasteiger partial charge in [-0.2, -0.15) is 0 Å². The number of hydrogen-bond donors (Lipinski definition) is 1. The molecule has 132 valence electrons. The average molecular weight is 404 g/mol. The van der Waals surface area contributed by atoms with E-state index < -0.39 is 0 Å². The molecular weight excluding hydrogens is 382 g/mol. The van der Waals surface area contributed by atoms with E-state index in [2.05, 4.69) is 38.4 Å². The van der Waals surface area contributed by atoms with Crippen LogP contribution in [0.4, 0.5) is 4.79 Å². The molecule has 6 heteroatoms. The third kappa shape index (κ3) is 5.19. The van der Waals surface area contributed by atoms with Crippen molar-refractivity contribution in [3.05, 3.63) is 58.7 Å². The zero-order valence-electron chi connectivity index (χ0n) is 14.0. The number of nitrogens with one attached hydrogen (secondary N) is 1. The number of benzene rings is 1. The van der Waals surface area contributed by atoms with Gasteiger partial charge in [0, 0.05) is 25.7 Å². The van der Waals surface area contributed by atoms with Gasteiger partial charge in [0.2, 0.25) is 5.88 Å². The number of urea groups is 1. The van der Waals surface area contributed by atoms with Gasteiger partial charge >= 0.3 is 6.03 Å². The molecule has 1 fully saturated rings. The number of hydrogen-bond acceptors (Lipinski definition) is 3. The van der Waals surface area contributed by atoms with Crippen molar-refractivity contribution in [3.63, 3.8) is 0 Å². The van der Waals surface area contributed by atoms with Crippen molar-refractivity contribution < 1.29 is 9.53 Å². The lowest BCUT2D eigenvalue weighted by atomic mass is 10.1. The Bertz CT molecular complexity index is 696. The maximum atomic E-state index is 12.3. The molecule has 1 aromatic heterocycles. The molecule has 0 spiro atoms. The van der Waals surface area contributed by atoms with Crippen molar-refractivity contribution in [2.24, 2.45) is 0 Å². The predicted molar refractivity (Wildman–Crippen MR) is 101 cm³/mol. The smallest absolute Gasteiger partial charge is 0.317 e. The average Bonchev–Trinajstić information content (AvgIpc) is 3.10. The van der Waals surface area contributed by atoms with E-state index in [0.717, 1.165) is 23.7 Å². The van der Waals surface area contributed by atoms with Crippen LogP contribution in [-0.4, -0.2) is 41.7 Å². The lowest BCUT2D eigenvalue weighted by molar-refractivity contribution is 0.182. The van der Waals surface area contributed by atoms with Crippen molar-refractivity contribution in [2.75, 3.05) is 19.6 Å². The summed E-state index contributed by atoms with van der Waals surface area (Å²) in [5.74, 6) is 0.581. The van der Waals surface area contributed by atoms with Crippen molar-refractivity contribution in [2.45, 2.75) is 25.4 Å². The Balaban J connectivity index is 1.38. The van der Waals surface area contributed by atoms with E-state index in [4.69, 9.17) is 4.74 Å². The summed E-state index contributed by atoms with van der Waals surface area (Å²) in [4.78, 5) is 18.3. The van der Waals surface area contributed by atoms with Crippen molar-refractivity contribution in [1.82, 2.24) is 15.2 Å². The second-order valence-electron chi connectivity index (χ2n) is 6.09. The van der Waals surface area contributed by atoms with Crippen LogP contribution in [0.2, 0.25) is 0 Å². The second kappa shape index (κ2) is 8.85. The number of rotatable bonds is 6. The number of carbonyl (C=O) groups is 1. The number of nitrogens with zero attached hydrogens (tertiary/aromatic N) is 2. The highest BCUT2D eigenvalue weighted by molar-refractivity contribution is 9.10. The van der Waals surface area contributed by atoms with Gasteiger partial charge in [-0.3, -0.25) is 0 Å². The SMILES string of the molecule is O=C(NCCCc1ccccc1)N1CCC(Oc2ncccc2Br)C1. The maximum absolute atomic E-state index is 12.3. The summed E-state index contributed by atoms with van der Waals surface area (Å²) >= 11 is 3.43. The summed E-state index contributed by atoms with van der Waals surface area (Å²) in [6, 6.07) is 14.0. The first-order valence-electron chi connectivity index (χ1n) is 8.56. The van der Waals surface area contributed by atoms with Crippen molar-refractivity contribution >= 4 is 22.0 Å². The summed E-state index contributed by atoms with van der Waals surface area (Å²) in [6.07, 6.45) is 4.42. The molecule has 5 nitrogen and oxygen atoms in total. The normalized spacial score (nSPS) is 16.7. The zero-order chi connectivity index (χ0) is 17.5. The number of aryl methyl sites for hydroxylation is 1. The van der Waals surface area contributed by atoms with Gasteiger partial charge in [-0.25, -0.2) is 9.78 Å². The first kappa shape index (κ1) is 17.7. The highest BCUT2D eigenvalue weighted by Crippen LogP contribution is 2.24. The molecule has 1 aliphatic heterocycles. The number of likely N-dealkylation sites (tertiary alicyclic amines) is 1. The molecule has 3 rings (SSSR count). The standard InChI is InChI=1S/C19H22BrN3O2/c20-17-9-5-11-21-18(17)25-16-10-13-23(14-16)19(24)22-12-4-8-15-6-2-1-3-7-15/h1-3,5-7,9,11,16H,4,8,10,12-14H2,(H,22,24). The van der Waals surface area contributed by atoms with Gasteiger partial charge in [0.05, 0.1) is 11.0 Å². The number of amides is 2. The van der Waals surface area contributed by atoms with Gasteiger partial charge in [0.15, 0.2) is 0 Å². The molecular formula is C19H22BrN3O2. The van der Waals surface area contributed by atoms with Crippen LogP contribution in [-0.2, 0) is 6.42 Å². The van der Waals surface area contributed by atoms with E-state index >= 15 is 0 Å². The number of halogens is 1. The molecule has 2 heterocycles. The quantitative estimate of drug-likeness (QED) is 0.748. The van der Waals surface area contributed by atoms with Crippen LogP contribution in [0, 0.1) is 0 Å². The first-order chi connectivity index (χ1) is 12.2. The summed E-state index contributed by atoms with van der Waals surface area (Å²) in [6.45, 7) is 1.98. The van der Waals surface area contributed by atoms with Gasteiger partial charge in [-0.05, 0) is 46.5 Å². The summed E-state index contributed by atoms with van der Waals surface area (Å²) in [7, 11) is 0. The molecule has 1 unspecified atom stereocenters. The third-order valence-corrected chi connectivity index (χ3v) is 4.80. The Labute approximate surface area is 156 Å². The Morgan fingerprint density at radius 2 is 2.12 bits per heavy atom. The van der Waals surface area contributed by atoms with Gasteiger partial charge in [0.25, 0.3) is 0 Å². The molecule has 1 aliphatic rings. The van der Waals surface area contributed by atoms with Gasteiger partial charge in [-0.15, -0.1) is 0 Å². The molecule has 25 heavy (non-hydrogen) atoms. The molecule has 0 aliphatic carbocycles. The fraction of sp³-hybridized carbons (Fsp3) is 0.368. The first-order valence-corrected chi connectivity index (χ1v) is 9.35. The van der Waals surface area contributed by atoms with E-state index in [-0.39, 0.29) is 12.1 Å². The van der Waals surface area contributed by atoms with Crippen molar-refractivity contribution in [3.8, 4) is 5.88 Å². The van der Waals surface area contributed by atoms with E-state index in [9.17, 15) is 4.79 Å². The van der Waals surface area contributed by atoms with Crippen LogP contribution >= 0.6 is 15.9 Å². The van der Waals surface area contributed by atoms with Crippen LogP contribution in [0.1, 0.15) is 18.4 Å². The molecule has 2 amide bonds. The Hall–Kier alpha value is -2.08. The highest BCUT2D eigenvalue weighted by atomic mass is 79.9. The predicted octanol–water partition coefficient (Wildman–Crippen LogP) is 3.64. The highest BCUT2D eigenvalue weighted by Gasteiger charge is 2.28. The summed E-state index contributed by atoms with van der Waals surface area (Å²) in [5.41, 5.74) is 1.30.